The van der Waals surface area contributed by atoms with Gasteiger partial charge < -0.3 is 0 Å². The third-order valence-corrected chi connectivity index (χ3v) is 6.36. The van der Waals surface area contributed by atoms with Crippen molar-refractivity contribution in [1.29, 1.82) is 0 Å². The summed E-state index contributed by atoms with van der Waals surface area (Å²) in [5.41, 5.74) is 0.853. The molecule has 1 fully saturated rings. The number of carbonyl (C=O) groups is 1. The summed E-state index contributed by atoms with van der Waals surface area (Å²) in [6.45, 7) is 0. The van der Waals surface area contributed by atoms with E-state index >= 15 is 0 Å². The summed E-state index contributed by atoms with van der Waals surface area (Å²) < 4.78 is 23.9. The average Bonchev–Trinajstić information content (AvgIpc) is 3.00. The molecule has 1 amide bonds. The van der Waals surface area contributed by atoms with Crippen molar-refractivity contribution in [3.8, 4) is 0 Å². The molecule has 1 aromatic heterocycles. The maximum atomic E-state index is 12.3. The van der Waals surface area contributed by atoms with Gasteiger partial charge in [0.2, 0.25) is 5.91 Å². The fraction of sp³-hybridized carbons (Fsp3) is 0.385. The highest BCUT2D eigenvalue weighted by atomic mass is 32.2. The highest BCUT2D eigenvalue weighted by Crippen LogP contribution is 2.30. The number of carbonyl (C=O) groups excluding carboxylic acids is 1. The summed E-state index contributed by atoms with van der Waals surface area (Å²) >= 11 is 1.44. The molecule has 1 aliphatic rings. The fourth-order valence-electron chi connectivity index (χ4n) is 2.36. The quantitative estimate of drug-likeness (QED) is 0.846. The van der Waals surface area contributed by atoms with Crippen molar-refractivity contribution in [1.82, 2.24) is 4.98 Å². The molecule has 106 valence electrons. The van der Waals surface area contributed by atoms with Crippen molar-refractivity contribution in [2.45, 2.75) is 6.42 Å². The van der Waals surface area contributed by atoms with E-state index in [0.717, 1.165) is 10.2 Å². The first-order valence-electron chi connectivity index (χ1n) is 6.30. The molecule has 20 heavy (non-hydrogen) atoms. The van der Waals surface area contributed by atoms with Crippen molar-refractivity contribution in [2.75, 3.05) is 23.5 Å². The summed E-state index contributed by atoms with van der Waals surface area (Å²) in [7, 11) is -1.39. The number of rotatable bonds is 2. The van der Waals surface area contributed by atoms with E-state index in [9.17, 15) is 13.2 Å². The van der Waals surface area contributed by atoms with E-state index in [1.165, 1.54) is 16.2 Å². The minimum atomic E-state index is -3.05. The molecular formula is C13H14N2O3S2. The van der Waals surface area contributed by atoms with Gasteiger partial charge in [0.25, 0.3) is 0 Å². The van der Waals surface area contributed by atoms with Gasteiger partial charge in [0.05, 0.1) is 27.6 Å². The van der Waals surface area contributed by atoms with Gasteiger partial charge in [-0.1, -0.05) is 23.5 Å². The molecule has 1 unspecified atom stereocenters. The number of fused-ring (bicyclic) bond motifs is 1. The molecule has 0 aliphatic carbocycles. The Bertz CT molecular complexity index is 734. The lowest BCUT2D eigenvalue weighted by Crippen LogP contribution is -2.33. The Kier molecular flexibility index (Phi) is 3.25. The fourth-order valence-corrected chi connectivity index (χ4v) is 5.03. The number of para-hydroxylation sites is 1. The van der Waals surface area contributed by atoms with E-state index < -0.39 is 15.8 Å². The number of anilines is 1. The third-order valence-electron chi connectivity index (χ3n) is 3.48. The highest BCUT2D eigenvalue weighted by molar-refractivity contribution is 7.91. The molecule has 0 N–H and O–H groups in total. The third kappa shape index (κ3) is 2.43. The van der Waals surface area contributed by atoms with Gasteiger partial charge >= 0.3 is 0 Å². The van der Waals surface area contributed by atoms with Crippen LogP contribution in [-0.2, 0) is 14.6 Å². The lowest BCUT2D eigenvalue weighted by molar-refractivity contribution is -0.121. The minimum absolute atomic E-state index is 0.0406. The molecule has 1 aliphatic heterocycles. The zero-order chi connectivity index (χ0) is 14.3. The minimum Gasteiger partial charge on any atom is -0.291 e. The molecule has 1 atom stereocenters. The summed E-state index contributed by atoms with van der Waals surface area (Å²) in [5, 5.41) is 0.612. The largest absolute Gasteiger partial charge is 0.291 e. The van der Waals surface area contributed by atoms with E-state index in [-0.39, 0.29) is 17.4 Å². The Labute approximate surface area is 121 Å². The number of nitrogens with zero attached hydrogens (tertiary/aromatic N) is 2. The van der Waals surface area contributed by atoms with Gasteiger partial charge in [-0.3, -0.25) is 9.69 Å². The van der Waals surface area contributed by atoms with E-state index in [1.54, 1.807) is 7.05 Å². The van der Waals surface area contributed by atoms with Crippen LogP contribution in [0.4, 0.5) is 5.13 Å². The van der Waals surface area contributed by atoms with Crippen LogP contribution < -0.4 is 4.90 Å². The zero-order valence-electron chi connectivity index (χ0n) is 10.9. The molecule has 0 bridgehead atoms. The second-order valence-electron chi connectivity index (χ2n) is 4.96. The normalized spacial score (nSPS) is 21.1. The topological polar surface area (TPSA) is 67.3 Å². The number of aromatic nitrogens is 1. The van der Waals surface area contributed by atoms with E-state index in [4.69, 9.17) is 0 Å². The maximum Gasteiger partial charge on any atom is 0.232 e. The molecule has 5 nitrogen and oxygen atoms in total. The van der Waals surface area contributed by atoms with Gasteiger partial charge in [0.1, 0.15) is 0 Å². The second-order valence-corrected chi connectivity index (χ2v) is 8.20. The number of amides is 1. The van der Waals surface area contributed by atoms with Crippen molar-refractivity contribution < 1.29 is 13.2 Å². The second kappa shape index (κ2) is 4.82. The van der Waals surface area contributed by atoms with E-state index in [2.05, 4.69) is 4.98 Å². The molecular weight excluding hydrogens is 296 g/mol. The molecule has 2 aromatic rings. The Morgan fingerprint density at radius 3 is 2.80 bits per heavy atom. The lowest BCUT2D eigenvalue weighted by atomic mass is 10.1. The van der Waals surface area contributed by atoms with E-state index in [1.807, 2.05) is 24.3 Å². The Morgan fingerprint density at radius 1 is 1.40 bits per heavy atom. The Morgan fingerprint density at radius 2 is 2.15 bits per heavy atom. The smallest absolute Gasteiger partial charge is 0.232 e. The molecule has 0 saturated carbocycles. The van der Waals surface area contributed by atoms with Crippen LogP contribution in [0, 0.1) is 5.92 Å². The average molecular weight is 310 g/mol. The standard InChI is InChI=1S/C13H14N2O3S2/c1-15(12(16)9-6-7-20(17,18)8-9)13-14-10-4-2-3-5-11(10)19-13/h2-5,9H,6-8H2,1H3. The van der Waals surface area contributed by atoms with Crippen LogP contribution in [0.1, 0.15) is 6.42 Å². The Hall–Kier alpha value is -1.47. The zero-order valence-corrected chi connectivity index (χ0v) is 12.6. The lowest BCUT2D eigenvalue weighted by Gasteiger charge is -2.17. The molecule has 2 heterocycles. The van der Waals surface area contributed by atoms with Gasteiger partial charge in [0, 0.05) is 7.05 Å². The van der Waals surface area contributed by atoms with Crippen LogP contribution in [0.5, 0.6) is 0 Å². The van der Waals surface area contributed by atoms with Crippen LogP contribution in [-0.4, -0.2) is 37.9 Å². The predicted molar refractivity (Wildman–Crippen MR) is 79.8 cm³/mol. The molecule has 7 heteroatoms. The van der Waals surface area contributed by atoms with Gasteiger partial charge in [-0.25, -0.2) is 13.4 Å². The summed E-state index contributed by atoms with van der Waals surface area (Å²) in [6.07, 6.45) is 0.413. The number of hydrogen-bond donors (Lipinski definition) is 0. The Balaban J connectivity index is 1.85. The SMILES string of the molecule is CN(C(=O)C1CCS(=O)(=O)C1)c1nc2ccccc2s1. The molecule has 0 radical (unpaired) electrons. The van der Waals surface area contributed by atoms with Crippen LogP contribution in [0.3, 0.4) is 0 Å². The first kappa shape index (κ1) is 13.5. The number of benzene rings is 1. The van der Waals surface area contributed by atoms with E-state index in [0.29, 0.717) is 11.6 Å². The van der Waals surface area contributed by atoms with Crippen LogP contribution in [0.25, 0.3) is 10.2 Å². The van der Waals surface area contributed by atoms with Crippen molar-refractivity contribution in [3.63, 3.8) is 0 Å². The first-order chi connectivity index (χ1) is 9.46. The van der Waals surface area contributed by atoms with Crippen LogP contribution >= 0.6 is 11.3 Å². The monoisotopic (exact) mass is 310 g/mol. The first-order valence-corrected chi connectivity index (χ1v) is 8.94. The van der Waals surface area contributed by atoms with Crippen molar-refractivity contribution in [3.05, 3.63) is 24.3 Å². The van der Waals surface area contributed by atoms with Crippen molar-refractivity contribution in [2.24, 2.45) is 5.92 Å². The number of sulfone groups is 1. The molecule has 1 aromatic carbocycles. The summed E-state index contributed by atoms with van der Waals surface area (Å²) in [6, 6.07) is 7.68. The maximum absolute atomic E-state index is 12.3. The van der Waals surface area contributed by atoms with Gasteiger partial charge in [-0.05, 0) is 18.6 Å². The number of thiazole rings is 1. The van der Waals surface area contributed by atoms with Gasteiger partial charge in [0.15, 0.2) is 15.0 Å². The van der Waals surface area contributed by atoms with Gasteiger partial charge in [-0.2, -0.15) is 0 Å². The summed E-state index contributed by atoms with van der Waals surface area (Å²) in [4.78, 5) is 18.2. The van der Waals surface area contributed by atoms with Crippen molar-refractivity contribution >= 4 is 42.4 Å². The number of hydrogen-bond acceptors (Lipinski definition) is 5. The van der Waals surface area contributed by atoms with Gasteiger partial charge in [-0.15, -0.1) is 0 Å². The predicted octanol–water partition coefficient (Wildman–Crippen LogP) is 1.69. The molecule has 3 rings (SSSR count). The molecule has 0 spiro atoms. The highest BCUT2D eigenvalue weighted by Gasteiger charge is 2.35. The van der Waals surface area contributed by atoms with Crippen LogP contribution in [0.15, 0.2) is 24.3 Å². The summed E-state index contributed by atoms with van der Waals surface area (Å²) in [5.74, 6) is -0.528. The van der Waals surface area contributed by atoms with Crippen LogP contribution in [0.2, 0.25) is 0 Å². The molecule has 1 saturated heterocycles.